The standard InChI is InChI=1S/C18H21IN2/c19-17-6-2-3-7-18(17)20-14-15-8-10-16(11-9-15)21-12-4-1-5-13-21/h2-3,6-11,20H,1,4-5,12-14H2. The van der Waals surface area contributed by atoms with Gasteiger partial charge in [-0.3, -0.25) is 0 Å². The van der Waals surface area contributed by atoms with E-state index in [2.05, 4.69) is 81.3 Å². The van der Waals surface area contributed by atoms with Crippen LogP contribution in [0.25, 0.3) is 0 Å². The van der Waals surface area contributed by atoms with Gasteiger partial charge in [0.1, 0.15) is 0 Å². The quantitative estimate of drug-likeness (QED) is 0.746. The number of rotatable bonds is 4. The number of piperidine rings is 1. The Kier molecular flexibility index (Phi) is 5.01. The van der Waals surface area contributed by atoms with Crippen LogP contribution in [-0.2, 0) is 6.54 Å². The highest BCUT2D eigenvalue weighted by Crippen LogP contribution is 2.21. The Morgan fingerprint density at radius 1 is 0.905 bits per heavy atom. The summed E-state index contributed by atoms with van der Waals surface area (Å²) in [5.41, 5.74) is 3.90. The average molecular weight is 392 g/mol. The summed E-state index contributed by atoms with van der Waals surface area (Å²) in [4.78, 5) is 2.50. The van der Waals surface area contributed by atoms with E-state index in [0.717, 1.165) is 6.54 Å². The van der Waals surface area contributed by atoms with E-state index in [1.54, 1.807) is 0 Å². The molecule has 2 nitrogen and oxygen atoms in total. The molecule has 1 fully saturated rings. The lowest BCUT2D eigenvalue weighted by Gasteiger charge is -2.28. The van der Waals surface area contributed by atoms with E-state index in [1.165, 1.54) is 52.9 Å². The largest absolute Gasteiger partial charge is 0.380 e. The van der Waals surface area contributed by atoms with Crippen LogP contribution in [0.5, 0.6) is 0 Å². The SMILES string of the molecule is Ic1ccccc1NCc1ccc(N2CCCCC2)cc1. The van der Waals surface area contributed by atoms with Crippen LogP contribution in [-0.4, -0.2) is 13.1 Å². The first-order chi connectivity index (χ1) is 10.3. The molecule has 0 aliphatic carbocycles. The van der Waals surface area contributed by atoms with Gasteiger partial charge in [0.15, 0.2) is 0 Å². The number of para-hydroxylation sites is 1. The van der Waals surface area contributed by atoms with Crippen molar-refractivity contribution in [3.63, 3.8) is 0 Å². The van der Waals surface area contributed by atoms with Gasteiger partial charge in [0.25, 0.3) is 0 Å². The fraction of sp³-hybridized carbons (Fsp3) is 0.333. The maximum absolute atomic E-state index is 3.51. The maximum Gasteiger partial charge on any atom is 0.0478 e. The summed E-state index contributed by atoms with van der Waals surface area (Å²) in [6.45, 7) is 3.29. The topological polar surface area (TPSA) is 15.3 Å². The zero-order valence-corrected chi connectivity index (χ0v) is 14.3. The van der Waals surface area contributed by atoms with Gasteiger partial charge in [-0.1, -0.05) is 24.3 Å². The van der Waals surface area contributed by atoms with Gasteiger partial charge in [-0.2, -0.15) is 0 Å². The lowest BCUT2D eigenvalue weighted by Crippen LogP contribution is -2.29. The second-order valence-corrected chi connectivity index (χ2v) is 6.71. The molecule has 0 saturated carbocycles. The normalized spacial score (nSPS) is 15.0. The summed E-state index contributed by atoms with van der Waals surface area (Å²) >= 11 is 2.37. The van der Waals surface area contributed by atoms with Gasteiger partial charge in [-0.25, -0.2) is 0 Å². The first-order valence-electron chi connectivity index (χ1n) is 7.65. The number of nitrogens with zero attached hydrogens (tertiary/aromatic N) is 1. The average Bonchev–Trinajstić information content (AvgIpc) is 2.55. The van der Waals surface area contributed by atoms with E-state index in [9.17, 15) is 0 Å². The summed E-state index contributed by atoms with van der Waals surface area (Å²) in [6.07, 6.45) is 4.04. The number of hydrogen-bond acceptors (Lipinski definition) is 2. The van der Waals surface area contributed by atoms with Gasteiger partial charge >= 0.3 is 0 Å². The Labute approximate surface area is 140 Å². The summed E-state index contributed by atoms with van der Waals surface area (Å²) in [7, 11) is 0. The number of benzene rings is 2. The van der Waals surface area contributed by atoms with E-state index >= 15 is 0 Å². The monoisotopic (exact) mass is 392 g/mol. The van der Waals surface area contributed by atoms with Crippen LogP contribution in [0.15, 0.2) is 48.5 Å². The molecule has 0 aromatic heterocycles. The van der Waals surface area contributed by atoms with Crippen molar-refractivity contribution in [2.75, 3.05) is 23.3 Å². The predicted molar refractivity (Wildman–Crippen MR) is 99.0 cm³/mol. The molecule has 0 bridgehead atoms. The Bertz CT molecular complexity index is 574. The summed E-state index contributed by atoms with van der Waals surface area (Å²) in [6, 6.07) is 17.4. The van der Waals surface area contributed by atoms with E-state index in [0.29, 0.717) is 0 Å². The fourth-order valence-corrected chi connectivity index (χ4v) is 3.36. The molecule has 1 N–H and O–H groups in total. The molecule has 0 atom stereocenters. The van der Waals surface area contributed by atoms with Crippen molar-refractivity contribution in [1.29, 1.82) is 0 Å². The van der Waals surface area contributed by atoms with Crippen molar-refractivity contribution in [1.82, 2.24) is 0 Å². The molecule has 2 aromatic rings. The Morgan fingerprint density at radius 3 is 2.33 bits per heavy atom. The van der Waals surface area contributed by atoms with Crippen molar-refractivity contribution >= 4 is 34.0 Å². The van der Waals surface area contributed by atoms with Crippen LogP contribution < -0.4 is 10.2 Å². The predicted octanol–water partition coefficient (Wildman–Crippen LogP) is 4.89. The first kappa shape index (κ1) is 14.7. The molecular formula is C18H21IN2. The van der Waals surface area contributed by atoms with E-state index in [-0.39, 0.29) is 0 Å². The van der Waals surface area contributed by atoms with Gasteiger partial charge in [0.05, 0.1) is 0 Å². The molecule has 110 valence electrons. The number of nitrogens with one attached hydrogen (secondary N) is 1. The fourth-order valence-electron chi connectivity index (χ4n) is 2.78. The first-order valence-corrected chi connectivity index (χ1v) is 8.73. The minimum atomic E-state index is 0.875. The Balaban J connectivity index is 1.60. The highest BCUT2D eigenvalue weighted by atomic mass is 127. The molecule has 0 radical (unpaired) electrons. The molecule has 1 aliphatic heterocycles. The van der Waals surface area contributed by atoms with Crippen molar-refractivity contribution in [2.45, 2.75) is 25.8 Å². The molecule has 1 aliphatic rings. The summed E-state index contributed by atoms with van der Waals surface area (Å²) in [5.74, 6) is 0. The molecule has 0 unspecified atom stereocenters. The van der Waals surface area contributed by atoms with Gasteiger partial charge < -0.3 is 10.2 Å². The molecule has 21 heavy (non-hydrogen) atoms. The number of anilines is 2. The van der Waals surface area contributed by atoms with Gasteiger partial charge in [0.2, 0.25) is 0 Å². The van der Waals surface area contributed by atoms with Crippen molar-refractivity contribution in [3.8, 4) is 0 Å². The molecule has 0 spiro atoms. The second kappa shape index (κ2) is 7.16. The highest BCUT2D eigenvalue weighted by Gasteiger charge is 2.10. The molecule has 3 heteroatoms. The summed E-state index contributed by atoms with van der Waals surface area (Å²) in [5, 5.41) is 3.51. The lowest BCUT2D eigenvalue weighted by atomic mass is 10.1. The minimum Gasteiger partial charge on any atom is -0.380 e. The van der Waals surface area contributed by atoms with E-state index < -0.39 is 0 Å². The van der Waals surface area contributed by atoms with Crippen LogP contribution >= 0.6 is 22.6 Å². The molecule has 3 rings (SSSR count). The Morgan fingerprint density at radius 2 is 1.62 bits per heavy atom. The van der Waals surface area contributed by atoms with E-state index in [4.69, 9.17) is 0 Å². The number of hydrogen-bond donors (Lipinski definition) is 1. The van der Waals surface area contributed by atoms with Crippen LogP contribution in [0.3, 0.4) is 0 Å². The smallest absolute Gasteiger partial charge is 0.0478 e. The third-order valence-electron chi connectivity index (χ3n) is 4.01. The maximum atomic E-state index is 3.51. The third kappa shape index (κ3) is 3.90. The molecule has 1 heterocycles. The van der Waals surface area contributed by atoms with Gasteiger partial charge in [-0.05, 0) is 71.7 Å². The van der Waals surface area contributed by atoms with Crippen molar-refractivity contribution in [3.05, 3.63) is 57.7 Å². The lowest BCUT2D eigenvalue weighted by molar-refractivity contribution is 0.578. The molecule has 2 aromatic carbocycles. The van der Waals surface area contributed by atoms with Crippen LogP contribution in [0, 0.1) is 3.57 Å². The van der Waals surface area contributed by atoms with Crippen molar-refractivity contribution < 1.29 is 0 Å². The highest BCUT2D eigenvalue weighted by molar-refractivity contribution is 14.1. The van der Waals surface area contributed by atoms with Gasteiger partial charge in [0, 0.05) is 34.6 Å². The molecular weight excluding hydrogens is 371 g/mol. The van der Waals surface area contributed by atoms with Gasteiger partial charge in [-0.15, -0.1) is 0 Å². The zero-order chi connectivity index (χ0) is 14.5. The van der Waals surface area contributed by atoms with Crippen LogP contribution in [0.4, 0.5) is 11.4 Å². The number of halogens is 1. The zero-order valence-electron chi connectivity index (χ0n) is 12.2. The van der Waals surface area contributed by atoms with Crippen LogP contribution in [0.1, 0.15) is 24.8 Å². The third-order valence-corrected chi connectivity index (χ3v) is 4.96. The molecule has 0 amide bonds. The van der Waals surface area contributed by atoms with Crippen molar-refractivity contribution in [2.24, 2.45) is 0 Å². The van der Waals surface area contributed by atoms with Crippen LogP contribution in [0.2, 0.25) is 0 Å². The van der Waals surface area contributed by atoms with E-state index in [1.807, 2.05) is 0 Å². The Hall–Kier alpha value is -1.23. The summed E-state index contributed by atoms with van der Waals surface area (Å²) < 4.78 is 1.26. The second-order valence-electron chi connectivity index (χ2n) is 5.55. The minimum absolute atomic E-state index is 0.875. The molecule has 1 saturated heterocycles.